The van der Waals surface area contributed by atoms with Crippen LogP contribution in [0.3, 0.4) is 0 Å². The number of nitrogens with zero attached hydrogens (tertiary/aromatic N) is 3. The maximum atomic E-state index is 12.6. The lowest BCUT2D eigenvalue weighted by Crippen LogP contribution is -2.04. The van der Waals surface area contributed by atoms with Crippen molar-refractivity contribution in [3.63, 3.8) is 0 Å². The minimum absolute atomic E-state index is 0.0269. The Bertz CT molecular complexity index is 1190. The minimum Gasteiger partial charge on any atom is -0.490 e. The number of rotatable bonds is 4. The number of ether oxygens (including phenoxy) is 2. The van der Waals surface area contributed by atoms with Gasteiger partial charge in [-0.2, -0.15) is 0 Å². The molecule has 0 spiro atoms. The van der Waals surface area contributed by atoms with Crippen molar-refractivity contribution in [1.82, 2.24) is 20.2 Å². The van der Waals surface area contributed by atoms with E-state index in [9.17, 15) is 4.79 Å². The summed E-state index contributed by atoms with van der Waals surface area (Å²) >= 11 is 1.26. The summed E-state index contributed by atoms with van der Waals surface area (Å²) in [7, 11) is 0. The molecular weight excluding hydrogens is 376 g/mol. The van der Waals surface area contributed by atoms with Gasteiger partial charge in [0.05, 0.1) is 19.0 Å². The number of Topliss-reactive ketones (excluding diaryl/α,β-unsaturated/α-hetero) is 1. The first kappa shape index (κ1) is 17.0. The van der Waals surface area contributed by atoms with Crippen LogP contribution in [0.25, 0.3) is 22.1 Å². The van der Waals surface area contributed by atoms with E-state index in [-0.39, 0.29) is 11.5 Å². The van der Waals surface area contributed by atoms with Crippen LogP contribution in [0.2, 0.25) is 0 Å². The van der Waals surface area contributed by atoms with Gasteiger partial charge in [-0.05, 0) is 24.3 Å². The molecule has 0 saturated heterocycles. The molecule has 4 aromatic rings. The van der Waals surface area contributed by atoms with E-state index in [1.54, 1.807) is 18.2 Å². The zero-order chi connectivity index (χ0) is 18.9. The van der Waals surface area contributed by atoms with Crippen LogP contribution in [0.5, 0.6) is 11.5 Å². The molecule has 0 fully saturated rings. The number of aromatic amines is 1. The van der Waals surface area contributed by atoms with Crippen molar-refractivity contribution in [2.45, 2.75) is 11.6 Å². The monoisotopic (exact) mass is 392 g/mol. The van der Waals surface area contributed by atoms with Crippen LogP contribution >= 0.6 is 11.8 Å². The number of benzene rings is 2. The van der Waals surface area contributed by atoms with Crippen molar-refractivity contribution >= 4 is 39.6 Å². The number of carbonyl (C=O) groups excluding carboxylic acids is 1. The Labute approximate surface area is 164 Å². The number of thioether (sulfide) groups is 1. The second-order valence-electron chi connectivity index (χ2n) is 6.39. The van der Waals surface area contributed by atoms with Gasteiger partial charge in [-0.3, -0.25) is 4.79 Å². The van der Waals surface area contributed by atoms with Crippen LogP contribution in [0.4, 0.5) is 0 Å². The van der Waals surface area contributed by atoms with E-state index >= 15 is 0 Å². The third kappa shape index (κ3) is 3.16. The number of fused-ring (bicyclic) bond motifs is 4. The largest absolute Gasteiger partial charge is 0.490 e. The molecule has 1 aliphatic heterocycles. The highest BCUT2D eigenvalue weighted by molar-refractivity contribution is 7.99. The average Bonchev–Trinajstić information content (AvgIpc) is 2.93. The smallest absolute Gasteiger partial charge is 0.211 e. The van der Waals surface area contributed by atoms with Crippen LogP contribution in [0, 0.1) is 0 Å². The Morgan fingerprint density at radius 2 is 1.93 bits per heavy atom. The predicted molar refractivity (Wildman–Crippen MR) is 106 cm³/mol. The molecular formula is C20H16N4O3S. The van der Waals surface area contributed by atoms with Gasteiger partial charge >= 0.3 is 0 Å². The molecule has 140 valence electrons. The fourth-order valence-electron chi connectivity index (χ4n) is 3.12. The highest BCUT2D eigenvalue weighted by atomic mass is 32.2. The van der Waals surface area contributed by atoms with Crippen molar-refractivity contribution in [1.29, 1.82) is 0 Å². The Morgan fingerprint density at radius 1 is 1.07 bits per heavy atom. The first-order chi connectivity index (χ1) is 13.8. The summed E-state index contributed by atoms with van der Waals surface area (Å²) in [6, 6.07) is 13.1. The molecule has 0 atom stereocenters. The van der Waals surface area contributed by atoms with Crippen LogP contribution in [-0.4, -0.2) is 44.9 Å². The van der Waals surface area contributed by atoms with Gasteiger partial charge in [-0.15, -0.1) is 10.2 Å². The Morgan fingerprint density at radius 3 is 2.86 bits per heavy atom. The fraction of sp³-hybridized carbons (Fsp3) is 0.200. The number of hydrogen-bond donors (Lipinski definition) is 1. The molecule has 5 rings (SSSR count). The third-order valence-electron chi connectivity index (χ3n) is 4.50. The maximum absolute atomic E-state index is 12.6. The summed E-state index contributed by atoms with van der Waals surface area (Å²) in [5.74, 6) is 1.48. The summed E-state index contributed by atoms with van der Waals surface area (Å²) in [5.41, 5.74) is 2.94. The lowest BCUT2D eigenvalue weighted by atomic mass is 10.1. The van der Waals surface area contributed by atoms with E-state index in [1.807, 2.05) is 24.3 Å². The summed E-state index contributed by atoms with van der Waals surface area (Å²) in [5, 5.41) is 9.88. The van der Waals surface area contributed by atoms with Gasteiger partial charge in [0.2, 0.25) is 5.16 Å². The van der Waals surface area contributed by atoms with Crippen molar-refractivity contribution in [3.8, 4) is 11.5 Å². The molecule has 1 N–H and O–H groups in total. The Hall–Kier alpha value is -3.13. The molecule has 28 heavy (non-hydrogen) atoms. The summed E-state index contributed by atoms with van der Waals surface area (Å²) < 4.78 is 11.3. The van der Waals surface area contributed by atoms with Gasteiger partial charge < -0.3 is 14.5 Å². The van der Waals surface area contributed by atoms with Crippen LogP contribution in [0.1, 0.15) is 16.8 Å². The van der Waals surface area contributed by atoms with Gasteiger partial charge in [-0.25, -0.2) is 4.98 Å². The van der Waals surface area contributed by atoms with E-state index in [0.717, 1.165) is 22.8 Å². The first-order valence-electron chi connectivity index (χ1n) is 8.95. The molecule has 0 bridgehead atoms. The topological polar surface area (TPSA) is 90.0 Å². The fourth-order valence-corrected chi connectivity index (χ4v) is 3.80. The molecule has 2 aromatic heterocycles. The second-order valence-corrected chi connectivity index (χ2v) is 7.33. The van der Waals surface area contributed by atoms with Crippen molar-refractivity contribution in [2.24, 2.45) is 0 Å². The molecule has 0 unspecified atom stereocenters. The van der Waals surface area contributed by atoms with Crippen molar-refractivity contribution in [3.05, 3.63) is 48.0 Å². The first-order valence-corrected chi connectivity index (χ1v) is 9.93. The molecule has 2 aromatic carbocycles. The normalized spacial score (nSPS) is 13.6. The van der Waals surface area contributed by atoms with E-state index in [1.165, 1.54) is 11.8 Å². The van der Waals surface area contributed by atoms with Gasteiger partial charge in [0.25, 0.3) is 0 Å². The number of nitrogens with one attached hydrogen (secondary N) is 1. The molecule has 1 aliphatic rings. The summed E-state index contributed by atoms with van der Waals surface area (Å²) in [4.78, 5) is 20.3. The van der Waals surface area contributed by atoms with E-state index in [4.69, 9.17) is 9.47 Å². The molecule has 0 radical (unpaired) electrons. The molecule has 3 heterocycles. The molecule has 8 heteroatoms. The van der Waals surface area contributed by atoms with E-state index < -0.39 is 0 Å². The zero-order valence-electron chi connectivity index (χ0n) is 14.8. The summed E-state index contributed by atoms with van der Waals surface area (Å²) in [6.07, 6.45) is 0.828. The van der Waals surface area contributed by atoms with E-state index in [2.05, 4.69) is 20.2 Å². The summed E-state index contributed by atoms with van der Waals surface area (Å²) in [6.45, 7) is 1.21. The zero-order valence-corrected chi connectivity index (χ0v) is 15.7. The Balaban J connectivity index is 1.33. The average molecular weight is 392 g/mol. The van der Waals surface area contributed by atoms with Crippen LogP contribution in [-0.2, 0) is 0 Å². The SMILES string of the molecule is O=C(CSc1nnc2c(n1)[nH]c1ccccc12)c1ccc2c(c1)OCCCO2. The van der Waals surface area contributed by atoms with Gasteiger partial charge in [0, 0.05) is 22.9 Å². The third-order valence-corrected chi connectivity index (χ3v) is 5.34. The minimum atomic E-state index is -0.0269. The second kappa shape index (κ2) is 7.12. The Kier molecular flexibility index (Phi) is 4.32. The molecule has 0 amide bonds. The number of ketones is 1. The highest BCUT2D eigenvalue weighted by Gasteiger charge is 2.15. The van der Waals surface area contributed by atoms with Gasteiger partial charge in [-0.1, -0.05) is 30.0 Å². The highest BCUT2D eigenvalue weighted by Crippen LogP contribution is 2.31. The van der Waals surface area contributed by atoms with Crippen molar-refractivity contribution in [2.75, 3.05) is 19.0 Å². The number of carbonyl (C=O) groups is 1. The van der Waals surface area contributed by atoms with Crippen LogP contribution < -0.4 is 9.47 Å². The lowest BCUT2D eigenvalue weighted by molar-refractivity contribution is 0.102. The predicted octanol–water partition coefficient (Wildman–Crippen LogP) is 3.64. The molecule has 0 aliphatic carbocycles. The standard InChI is InChI=1S/C20H16N4O3S/c25-15(12-6-7-16-17(10-12)27-9-3-8-26-16)11-28-20-22-19-18(23-24-20)13-4-1-2-5-14(13)21-19/h1-2,4-7,10H,3,8-9,11H2,(H,21,22,24). The lowest BCUT2D eigenvalue weighted by Gasteiger charge is -2.08. The number of para-hydroxylation sites is 1. The van der Waals surface area contributed by atoms with Crippen LogP contribution in [0.15, 0.2) is 47.6 Å². The van der Waals surface area contributed by atoms with Gasteiger partial charge in [0.1, 0.15) is 5.52 Å². The number of aromatic nitrogens is 4. The number of H-pyrrole nitrogens is 1. The quantitative estimate of drug-likeness (QED) is 0.419. The molecule has 7 nitrogen and oxygen atoms in total. The van der Waals surface area contributed by atoms with Gasteiger partial charge in [0.15, 0.2) is 22.9 Å². The number of hydrogen-bond acceptors (Lipinski definition) is 7. The maximum Gasteiger partial charge on any atom is 0.211 e. The van der Waals surface area contributed by atoms with Crippen molar-refractivity contribution < 1.29 is 14.3 Å². The molecule has 0 saturated carbocycles. The van der Waals surface area contributed by atoms with E-state index in [0.29, 0.717) is 41.1 Å².